The lowest BCUT2D eigenvalue weighted by Gasteiger charge is -2.36. The summed E-state index contributed by atoms with van der Waals surface area (Å²) < 4.78 is 27.4. The summed E-state index contributed by atoms with van der Waals surface area (Å²) in [6.45, 7) is 5.06. The highest BCUT2D eigenvalue weighted by atomic mass is 32.2. The van der Waals surface area contributed by atoms with Gasteiger partial charge in [0.1, 0.15) is 0 Å². The fourth-order valence-electron chi connectivity index (χ4n) is 3.15. The summed E-state index contributed by atoms with van der Waals surface area (Å²) in [4.78, 5) is 2.22. The van der Waals surface area contributed by atoms with E-state index in [4.69, 9.17) is 0 Å². The van der Waals surface area contributed by atoms with Crippen LogP contribution in [0.15, 0.2) is 0 Å². The Morgan fingerprint density at radius 3 is 2.48 bits per heavy atom. The molecule has 2 aliphatic rings. The van der Waals surface area contributed by atoms with Crippen LogP contribution in [0.2, 0.25) is 0 Å². The van der Waals surface area contributed by atoms with Crippen LogP contribution >= 0.6 is 11.8 Å². The van der Waals surface area contributed by atoms with Gasteiger partial charge >= 0.3 is 0 Å². The highest BCUT2D eigenvalue weighted by molar-refractivity contribution is 8.00. The van der Waals surface area contributed by atoms with Gasteiger partial charge in [0.15, 0.2) is 0 Å². The minimum Gasteiger partial charge on any atom is -0.314 e. The number of sulfonamides is 1. The molecule has 2 N–H and O–H groups in total. The topological polar surface area (TPSA) is 61.4 Å². The minimum absolute atomic E-state index is 0.125. The van der Waals surface area contributed by atoms with E-state index in [-0.39, 0.29) is 10.5 Å². The smallest absolute Gasteiger partial charge is 0.212 e. The van der Waals surface area contributed by atoms with Crippen molar-refractivity contribution in [1.29, 1.82) is 0 Å². The molecule has 1 aliphatic heterocycles. The van der Waals surface area contributed by atoms with Crippen molar-refractivity contribution in [2.45, 2.75) is 36.9 Å². The third kappa shape index (κ3) is 5.71. The van der Waals surface area contributed by atoms with Crippen molar-refractivity contribution in [3.8, 4) is 0 Å². The fourth-order valence-corrected chi connectivity index (χ4v) is 5.29. The molecule has 1 heterocycles. The molecule has 0 radical (unpaired) electrons. The number of hydrogen-bond acceptors (Lipinski definition) is 5. The van der Waals surface area contributed by atoms with E-state index in [1.165, 1.54) is 19.3 Å². The number of nitrogens with one attached hydrogen (secondary N) is 2. The molecule has 0 amide bonds. The molecule has 124 valence electrons. The molecule has 0 aromatic rings. The molecule has 0 aromatic heterocycles. The van der Waals surface area contributed by atoms with E-state index >= 15 is 0 Å². The second kappa shape index (κ2) is 8.15. The molecule has 0 spiro atoms. The molecule has 1 saturated heterocycles. The van der Waals surface area contributed by atoms with Crippen molar-refractivity contribution in [3.63, 3.8) is 0 Å². The second-order valence-corrected chi connectivity index (χ2v) is 9.38. The number of nitrogens with zero attached hydrogens (tertiary/aromatic N) is 1. The van der Waals surface area contributed by atoms with E-state index < -0.39 is 10.0 Å². The molecule has 21 heavy (non-hydrogen) atoms. The normalized spacial score (nSPS) is 24.0. The van der Waals surface area contributed by atoms with Crippen molar-refractivity contribution < 1.29 is 8.42 Å². The highest BCUT2D eigenvalue weighted by Gasteiger charge is 2.32. The van der Waals surface area contributed by atoms with Gasteiger partial charge in [-0.3, -0.25) is 4.90 Å². The summed E-state index contributed by atoms with van der Waals surface area (Å²) in [5.41, 5.74) is 0. The van der Waals surface area contributed by atoms with Gasteiger partial charge in [0, 0.05) is 44.0 Å². The average molecular weight is 336 g/mol. The molecule has 7 heteroatoms. The molecule has 0 atom stereocenters. The molecular weight excluding hydrogens is 306 g/mol. The predicted octanol–water partition coefficient (Wildman–Crippen LogP) is 0.877. The van der Waals surface area contributed by atoms with Crippen LogP contribution in [0.1, 0.15) is 32.1 Å². The van der Waals surface area contributed by atoms with Crippen LogP contribution in [-0.4, -0.2) is 69.3 Å². The molecule has 2 fully saturated rings. The standard InChI is InChI=1S/C14H29N3O2S2/c1-20-14(5-3-2-4-6-14)13-16-21(18,19)12-11-17-9-7-15-8-10-17/h15-16H,2-13H2,1H3. The maximum absolute atomic E-state index is 12.2. The molecule has 0 unspecified atom stereocenters. The Labute approximate surface area is 133 Å². The van der Waals surface area contributed by atoms with E-state index in [2.05, 4.69) is 21.2 Å². The van der Waals surface area contributed by atoms with Crippen molar-refractivity contribution >= 4 is 21.8 Å². The Morgan fingerprint density at radius 1 is 1.19 bits per heavy atom. The summed E-state index contributed by atoms with van der Waals surface area (Å²) in [5, 5.41) is 3.28. The van der Waals surface area contributed by atoms with Gasteiger partial charge in [-0.1, -0.05) is 19.3 Å². The zero-order valence-corrected chi connectivity index (χ0v) is 14.7. The van der Waals surface area contributed by atoms with E-state index in [9.17, 15) is 8.42 Å². The Morgan fingerprint density at radius 2 is 1.86 bits per heavy atom. The van der Waals surface area contributed by atoms with Gasteiger partial charge in [0.2, 0.25) is 10.0 Å². The largest absolute Gasteiger partial charge is 0.314 e. The van der Waals surface area contributed by atoms with Gasteiger partial charge < -0.3 is 5.32 Å². The third-order valence-electron chi connectivity index (χ3n) is 4.70. The quantitative estimate of drug-likeness (QED) is 0.723. The first-order chi connectivity index (χ1) is 10.1. The van der Waals surface area contributed by atoms with Gasteiger partial charge in [0.25, 0.3) is 0 Å². The monoisotopic (exact) mass is 335 g/mol. The maximum atomic E-state index is 12.2. The summed E-state index contributed by atoms with van der Waals surface area (Å²) in [7, 11) is -3.15. The Balaban J connectivity index is 1.77. The van der Waals surface area contributed by atoms with Crippen LogP contribution < -0.4 is 10.0 Å². The van der Waals surface area contributed by atoms with Gasteiger partial charge in [-0.05, 0) is 19.1 Å². The summed E-state index contributed by atoms with van der Waals surface area (Å²) >= 11 is 1.83. The van der Waals surface area contributed by atoms with E-state index in [1.807, 2.05) is 11.8 Å². The zero-order valence-electron chi connectivity index (χ0n) is 13.1. The van der Waals surface area contributed by atoms with Crippen molar-refractivity contribution in [1.82, 2.24) is 14.9 Å². The first-order valence-electron chi connectivity index (χ1n) is 8.01. The van der Waals surface area contributed by atoms with Crippen LogP contribution in [0.3, 0.4) is 0 Å². The minimum atomic E-state index is -3.15. The molecule has 1 saturated carbocycles. The number of piperazine rings is 1. The summed E-state index contributed by atoms with van der Waals surface area (Å²) in [6, 6.07) is 0. The molecule has 5 nitrogen and oxygen atoms in total. The van der Waals surface area contributed by atoms with Gasteiger partial charge in [0.05, 0.1) is 5.75 Å². The van der Waals surface area contributed by atoms with Crippen molar-refractivity contribution in [3.05, 3.63) is 0 Å². The molecule has 2 rings (SSSR count). The van der Waals surface area contributed by atoms with Crippen LogP contribution in [-0.2, 0) is 10.0 Å². The van der Waals surface area contributed by atoms with Gasteiger partial charge in [-0.15, -0.1) is 0 Å². The summed E-state index contributed by atoms with van der Waals surface area (Å²) in [5.74, 6) is 0.220. The number of hydrogen-bond donors (Lipinski definition) is 2. The van der Waals surface area contributed by atoms with Gasteiger partial charge in [-0.2, -0.15) is 11.8 Å². The average Bonchev–Trinajstić information content (AvgIpc) is 2.53. The lowest BCUT2D eigenvalue weighted by Crippen LogP contribution is -2.47. The van der Waals surface area contributed by atoms with Gasteiger partial charge in [-0.25, -0.2) is 13.1 Å². The van der Waals surface area contributed by atoms with Crippen molar-refractivity contribution in [2.75, 3.05) is 51.3 Å². The Kier molecular flexibility index (Phi) is 6.80. The molecular formula is C14H29N3O2S2. The Hall–Kier alpha value is 0.180. The lowest BCUT2D eigenvalue weighted by atomic mass is 9.88. The predicted molar refractivity (Wildman–Crippen MR) is 90.4 cm³/mol. The second-order valence-electron chi connectivity index (χ2n) is 6.18. The van der Waals surface area contributed by atoms with Crippen LogP contribution in [0.25, 0.3) is 0 Å². The fraction of sp³-hybridized carbons (Fsp3) is 1.00. The maximum Gasteiger partial charge on any atom is 0.212 e. The van der Waals surface area contributed by atoms with Crippen LogP contribution in [0.5, 0.6) is 0 Å². The van der Waals surface area contributed by atoms with E-state index in [1.54, 1.807) is 0 Å². The first kappa shape index (κ1) is 17.5. The molecule has 1 aliphatic carbocycles. The van der Waals surface area contributed by atoms with E-state index in [0.717, 1.165) is 39.0 Å². The van der Waals surface area contributed by atoms with Crippen LogP contribution in [0.4, 0.5) is 0 Å². The molecule has 0 bridgehead atoms. The summed E-state index contributed by atoms with van der Waals surface area (Å²) in [6.07, 6.45) is 8.12. The third-order valence-corrected chi connectivity index (χ3v) is 7.42. The van der Waals surface area contributed by atoms with E-state index in [0.29, 0.717) is 13.1 Å². The molecule has 0 aromatic carbocycles. The lowest BCUT2D eigenvalue weighted by molar-refractivity contribution is 0.253. The highest BCUT2D eigenvalue weighted by Crippen LogP contribution is 2.38. The number of thioether (sulfide) groups is 1. The SMILES string of the molecule is CSC1(CNS(=O)(=O)CCN2CCNCC2)CCCCC1. The Bertz CT molecular complexity index is 402. The van der Waals surface area contributed by atoms with Crippen molar-refractivity contribution in [2.24, 2.45) is 0 Å². The van der Waals surface area contributed by atoms with Crippen LogP contribution in [0, 0.1) is 0 Å². The number of rotatable bonds is 7. The zero-order chi connectivity index (χ0) is 15.2. The first-order valence-corrected chi connectivity index (χ1v) is 10.9.